The summed E-state index contributed by atoms with van der Waals surface area (Å²) in [5, 5.41) is 8.87. The Labute approximate surface area is 106 Å². The van der Waals surface area contributed by atoms with Crippen LogP contribution >= 0.6 is 0 Å². The number of morpholine rings is 1. The first kappa shape index (κ1) is 12.6. The smallest absolute Gasteiger partial charge is 0.334 e. The highest BCUT2D eigenvalue weighted by molar-refractivity contribution is 5.72. The first-order valence-electron chi connectivity index (χ1n) is 5.86. The van der Waals surface area contributed by atoms with E-state index in [1.165, 1.54) is 0 Å². The van der Waals surface area contributed by atoms with Gasteiger partial charge in [0.1, 0.15) is 0 Å². The zero-order valence-corrected chi connectivity index (χ0v) is 10.0. The molecule has 18 heavy (non-hydrogen) atoms. The second-order valence-electron chi connectivity index (χ2n) is 4.10. The van der Waals surface area contributed by atoms with Crippen molar-refractivity contribution in [3.63, 3.8) is 0 Å². The third-order valence-electron chi connectivity index (χ3n) is 2.74. The van der Waals surface area contributed by atoms with E-state index in [0.29, 0.717) is 19.7 Å². The molecule has 1 aliphatic heterocycles. The van der Waals surface area contributed by atoms with E-state index >= 15 is 0 Å². The van der Waals surface area contributed by atoms with Crippen molar-refractivity contribution in [1.82, 2.24) is 4.90 Å². The summed E-state index contributed by atoms with van der Waals surface area (Å²) >= 11 is 0. The lowest BCUT2D eigenvalue weighted by molar-refractivity contribution is -0.155. The number of nitrogens with zero attached hydrogens (tertiary/aromatic N) is 1. The number of hydrogen-bond donors (Lipinski definition) is 1. The Morgan fingerprint density at radius 2 is 2.22 bits per heavy atom. The Morgan fingerprint density at radius 3 is 2.94 bits per heavy atom. The molecule has 0 amide bonds. The van der Waals surface area contributed by atoms with Crippen LogP contribution in [0.1, 0.15) is 5.56 Å². The SMILES string of the molecule is O=C(O)C1CN(CC#Cc2ccccc2)CCO1. The number of aliphatic carboxylic acids is 1. The van der Waals surface area contributed by atoms with E-state index in [2.05, 4.69) is 11.8 Å². The average molecular weight is 245 g/mol. The van der Waals surface area contributed by atoms with Gasteiger partial charge in [0, 0.05) is 18.7 Å². The summed E-state index contributed by atoms with van der Waals surface area (Å²) in [7, 11) is 0. The summed E-state index contributed by atoms with van der Waals surface area (Å²) in [5.74, 6) is 5.21. The van der Waals surface area contributed by atoms with Crippen molar-refractivity contribution in [2.45, 2.75) is 6.10 Å². The number of carbonyl (C=O) groups is 1. The molecule has 0 aliphatic carbocycles. The van der Waals surface area contributed by atoms with Gasteiger partial charge in [-0.2, -0.15) is 0 Å². The van der Waals surface area contributed by atoms with Crippen molar-refractivity contribution in [3.05, 3.63) is 35.9 Å². The van der Waals surface area contributed by atoms with Crippen LogP contribution in [0.25, 0.3) is 0 Å². The zero-order chi connectivity index (χ0) is 12.8. The van der Waals surface area contributed by atoms with E-state index in [4.69, 9.17) is 9.84 Å². The Balaban J connectivity index is 1.87. The van der Waals surface area contributed by atoms with Crippen molar-refractivity contribution >= 4 is 5.97 Å². The Hall–Kier alpha value is -1.83. The molecule has 0 aromatic heterocycles. The van der Waals surface area contributed by atoms with Crippen LogP contribution in [0.2, 0.25) is 0 Å². The Morgan fingerprint density at radius 1 is 1.44 bits per heavy atom. The highest BCUT2D eigenvalue weighted by atomic mass is 16.5. The highest BCUT2D eigenvalue weighted by Gasteiger charge is 2.25. The predicted octanol–water partition coefficient (Wildman–Crippen LogP) is 0.823. The van der Waals surface area contributed by atoms with Gasteiger partial charge in [-0.3, -0.25) is 4.90 Å². The molecule has 0 saturated carbocycles. The fourth-order valence-electron chi connectivity index (χ4n) is 1.77. The molecule has 4 nitrogen and oxygen atoms in total. The topological polar surface area (TPSA) is 49.8 Å². The monoisotopic (exact) mass is 245 g/mol. The summed E-state index contributed by atoms with van der Waals surface area (Å²) in [6.45, 7) is 2.15. The minimum atomic E-state index is -0.907. The molecule has 4 heteroatoms. The lowest BCUT2D eigenvalue weighted by atomic mass is 10.2. The van der Waals surface area contributed by atoms with Gasteiger partial charge in [0.15, 0.2) is 6.10 Å². The van der Waals surface area contributed by atoms with Gasteiger partial charge in [-0.05, 0) is 12.1 Å². The second kappa shape index (κ2) is 6.20. The van der Waals surface area contributed by atoms with Gasteiger partial charge in [-0.15, -0.1) is 0 Å². The lowest BCUT2D eigenvalue weighted by Crippen LogP contribution is -2.46. The first-order valence-corrected chi connectivity index (χ1v) is 5.86. The molecule has 1 aliphatic rings. The predicted molar refractivity (Wildman–Crippen MR) is 67.1 cm³/mol. The van der Waals surface area contributed by atoms with Crippen molar-refractivity contribution in [3.8, 4) is 11.8 Å². The molecule has 1 heterocycles. The Bertz CT molecular complexity index is 461. The van der Waals surface area contributed by atoms with Crippen LogP contribution in [0.5, 0.6) is 0 Å². The minimum absolute atomic E-state index is 0.402. The van der Waals surface area contributed by atoms with E-state index in [1.807, 2.05) is 35.2 Å². The van der Waals surface area contributed by atoms with Crippen molar-refractivity contribution < 1.29 is 14.6 Å². The quantitative estimate of drug-likeness (QED) is 0.784. The van der Waals surface area contributed by atoms with Gasteiger partial charge in [0.05, 0.1) is 13.2 Å². The van der Waals surface area contributed by atoms with Crippen LogP contribution in [0.4, 0.5) is 0 Å². The third kappa shape index (κ3) is 3.59. The van der Waals surface area contributed by atoms with Gasteiger partial charge in [0.2, 0.25) is 0 Å². The molecule has 1 atom stereocenters. The number of rotatable bonds is 2. The Kier molecular flexibility index (Phi) is 4.35. The van der Waals surface area contributed by atoms with Crippen molar-refractivity contribution in [2.24, 2.45) is 0 Å². The molecule has 1 N–H and O–H groups in total. The van der Waals surface area contributed by atoms with Crippen LogP contribution < -0.4 is 0 Å². The average Bonchev–Trinajstić information content (AvgIpc) is 2.40. The van der Waals surface area contributed by atoms with Crippen LogP contribution in [0, 0.1) is 11.8 Å². The van der Waals surface area contributed by atoms with E-state index in [9.17, 15) is 4.79 Å². The molecule has 0 radical (unpaired) electrons. The maximum atomic E-state index is 10.8. The van der Waals surface area contributed by atoms with E-state index < -0.39 is 12.1 Å². The van der Waals surface area contributed by atoms with Gasteiger partial charge >= 0.3 is 5.97 Å². The van der Waals surface area contributed by atoms with Crippen molar-refractivity contribution in [1.29, 1.82) is 0 Å². The van der Waals surface area contributed by atoms with Crippen LogP contribution in [0.3, 0.4) is 0 Å². The second-order valence-corrected chi connectivity index (χ2v) is 4.10. The number of benzene rings is 1. The highest BCUT2D eigenvalue weighted by Crippen LogP contribution is 2.04. The normalized spacial score (nSPS) is 19.9. The fraction of sp³-hybridized carbons (Fsp3) is 0.357. The summed E-state index contributed by atoms with van der Waals surface area (Å²) in [5.41, 5.74) is 0.973. The van der Waals surface area contributed by atoms with Crippen LogP contribution in [-0.2, 0) is 9.53 Å². The van der Waals surface area contributed by atoms with Gasteiger partial charge in [0.25, 0.3) is 0 Å². The standard InChI is InChI=1S/C14H15NO3/c16-14(17)13-11-15(9-10-18-13)8-4-7-12-5-2-1-3-6-12/h1-3,5-6,13H,8-11H2,(H,16,17). The summed E-state index contributed by atoms with van der Waals surface area (Å²) in [6, 6.07) is 9.74. The lowest BCUT2D eigenvalue weighted by Gasteiger charge is -2.29. The maximum Gasteiger partial charge on any atom is 0.334 e. The largest absolute Gasteiger partial charge is 0.479 e. The molecular formula is C14H15NO3. The van der Waals surface area contributed by atoms with Gasteiger partial charge in [-0.25, -0.2) is 4.79 Å². The molecule has 0 bridgehead atoms. The van der Waals surface area contributed by atoms with E-state index in [1.54, 1.807) is 0 Å². The van der Waals surface area contributed by atoms with E-state index in [-0.39, 0.29) is 0 Å². The molecule has 1 fully saturated rings. The van der Waals surface area contributed by atoms with Gasteiger partial charge < -0.3 is 9.84 Å². The van der Waals surface area contributed by atoms with Crippen molar-refractivity contribution in [2.75, 3.05) is 26.2 Å². The van der Waals surface area contributed by atoms with E-state index in [0.717, 1.165) is 12.1 Å². The number of hydrogen-bond acceptors (Lipinski definition) is 3. The molecule has 0 spiro atoms. The number of carboxylic acids is 1. The number of ether oxygens (including phenoxy) is 1. The van der Waals surface area contributed by atoms with Crippen LogP contribution in [0.15, 0.2) is 30.3 Å². The molecular weight excluding hydrogens is 230 g/mol. The first-order chi connectivity index (χ1) is 8.75. The minimum Gasteiger partial charge on any atom is -0.479 e. The fourth-order valence-corrected chi connectivity index (χ4v) is 1.77. The molecule has 94 valence electrons. The van der Waals surface area contributed by atoms with Crippen LogP contribution in [-0.4, -0.2) is 48.3 Å². The molecule has 1 saturated heterocycles. The zero-order valence-electron chi connectivity index (χ0n) is 10.0. The maximum absolute atomic E-state index is 10.8. The summed E-state index contributed by atoms with van der Waals surface area (Å²) < 4.78 is 5.14. The molecule has 1 aromatic carbocycles. The van der Waals surface area contributed by atoms with Gasteiger partial charge in [-0.1, -0.05) is 30.0 Å². The third-order valence-corrected chi connectivity index (χ3v) is 2.74. The molecule has 1 unspecified atom stereocenters. The summed E-state index contributed by atoms with van der Waals surface area (Å²) in [4.78, 5) is 12.8. The molecule has 1 aromatic rings. The summed E-state index contributed by atoms with van der Waals surface area (Å²) in [6.07, 6.45) is -0.725. The number of carboxylic acid groups (broad SMARTS) is 1. The molecule has 2 rings (SSSR count).